The first-order valence-corrected chi connectivity index (χ1v) is 15.3. The van der Waals surface area contributed by atoms with E-state index >= 15 is 0 Å². The van der Waals surface area contributed by atoms with Crippen molar-refractivity contribution in [2.75, 3.05) is 18.6 Å². The van der Waals surface area contributed by atoms with Gasteiger partial charge in [-0.05, 0) is 58.3 Å². The van der Waals surface area contributed by atoms with Crippen molar-refractivity contribution in [1.82, 2.24) is 0 Å². The average Bonchev–Trinajstić information content (AvgIpc) is 2.94. The predicted octanol–water partition coefficient (Wildman–Crippen LogP) is 8.40. The second kappa shape index (κ2) is 11.9. The zero-order valence-electron chi connectivity index (χ0n) is 22.4. The van der Waals surface area contributed by atoms with Gasteiger partial charge in [0, 0.05) is 24.3 Å². The lowest BCUT2D eigenvalue weighted by Crippen LogP contribution is -2.20. The Morgan fingerprint density at radius 1 is 0.800 bits per heavy atom. The molecule has 40 heavy (non-hydrogen) atoms. The Kier molecular flexibility index (Phi) is 8.11. The molecule has 7 heteroatoms. The molecule has 0 aliphatic heterocycles. The molecule has 1 N–H and O–H groups in total. The van der Waals surface area contributed by atoms with Crippen LogP contribution in [0.4, 0.5) is 10.5 Å². The van der Waals surface area contributed by atoms with Gasteiger partial charge in [0.05, 0.1) is 6.61 Å². The highest BCUT2D eigenvalue weighted by Crippen LogP contribution is 2.58. The molecule has 6 nitrogen and oxygen atoms in total. The van der Waals surface area contributed by atoms with E-state index in [-0.39, 0.29) is 24.6 Å². The van der Waals surface area contributed by atoms with Gasteiger partial charge >= 0.3 is 6.09 Å². The third kappa shape index (κ3) is 5.99. The second-order valence-electron chi connectivity index (χ2n) is 9.63. The van der Waals surface area contributed by atoms with Crippen LogP contribution in [0.25, 0.3) is 21.5 Å². The maximum Gasteiger partial charge on any atom is 0.417 e. The molecule has 0 saturated carbocycles. The van der Waals surface area contributed by atoms with Crippen LogP contribution in [0.15, 0.2) is 109 Å². The van der Waals surface area contributed by atoms with Gasteiger partial charge in [0.2, 0.25) is 7.37 Å². The Hall–Kier alpha value is -4.25. The number of Topliss-reactive ketones (excluding diaryl/α,β-unsaturated/α-hetero) is 1. The number of ether oxygens (including phenoxy) is 1. The standard InChI is InChI=1S/C33H30NO5P/c1-3-38-40(2,37)32(29-19-11-15-23-12-9-10-18-28(23)29)30(35)21-26-20-24-13-7-8-14-25(24)22-31(26)39-33(36)34-27-16-5-4-6-17-27/h4-20,22,32H,3,21H2,1-2H3,(H,34,36). The van der Waals surface area contributed by atoms with Crippen LogP contribution in [0.2, 0.25) is 0 Å². The normalized spacial score (nSPS) is 13.4. The van der Waals surface area contributed by atoms with Gasteiger partial charge in [-0.3, -0.25) is 14.7 Å². The molecule has 5 rings (SSSR count). The summed E-state index contributed by atoms with van der Waals surface area (Å²) in [6.07, 6.45) is -0.770. The van der Waals surface area contributed by atoms with E-state index < -0.39 is 19.1 Å². The number of rotatable bonds is 9. The maximum atomic E-state index is 14.1. The maximum absolute atomic E-state index is 14.1. The Balaban J connectivity index is 1.54. The number of benzene rings is 5. The van der Waals surface area contributed by atoms with Crippen molar-refractivity contribution < 1.29 is 23.4 Å². The van der Waals surface area contributed by atoms with Crippen LogP contribution >= 0.6 is 7.37 Å². The molecule has 1 amide bonds. The van der Waals surface area contributed by atoms with Gasteiger partial charge in [0.25, 0.3) is 0 Å². The first-order valence-electron chi connectivity index (χ1n) is 13.1. The van der Waals surface area contributed by atoms with Crippen molar-refractivity contribution in [2.45, 2.75) is 19.0 Å². The van der Waals surface area contributed by atoms with Gasteiger partial charge < -0.3 is 9.26 Å². The van der Waals surface area contributed by atoms with E-state index in [1.165, 1.54) is 6.66 Å². The number of ketones is 1. The molecule has 0 aliphatic carbocycles. The predicted molar refractivity (Wildman–Crippen MR) is 161 cm³/mol. The lowest BCUT2D eigenvalue weighted by Gasteiger charge is -2.25. The number of hydrogen-bond donors (Lipinski definition) is 1. The van der Waals surface area contributed by atoms with E-state index in [1.54, 1.807) is 25.1 Å². The van der Waals surface area contributed by atoms with Gasteiger partial charge in [-0.1, -0.05) is 84.9 Å². The highest BCUT2D eigenvalue weighted by atomic mass is 31.2. The van der Waals surface area contributed by atoms with E-state index in [1.807, 2.05) is 91.0 Å². The van der Waals surface area contributed by atoms with E-state index in [4.69, 9.17) is 9.26 Å². The van der Waals surface area contributed by atoms with Gasteiger partial charge in [0.1, 0.15) is 11.4 Å². The van der Waals surface area contributed by atoms with Crippen molar-refractivity contribution in [2.24, 2.45) is 0 Å². The summed E-state index contributed by atoms with van der Waals surface area (Å²) < 4.78 is 25.4. The number of carbonyl (C=O) groups excluding carboxylic acids is 2. The number of hydrogen-bond acceptors (Lipinski definition) is 5. The van der Waals surface area contributed by atoms with Crippen molar-refractivity contribution in [3.8, 4) is 5.75 Å². The molecule has 0 fully saturated rings. The molecule has 0 spiro atoms. The van der Waals surface area contributed by atoms with Gasteiger partial charge in [-0.15, -0.1) is 0 Å². The summed E-state index contributed by atoms with van der Waals surface area (Å²) in [5, 5.41) is 6.27. The summed E-state index contributed by atoms with van der Waals surface area (Å²) in [5.41, 5.74) is 0.780. The second-order valence-corrected chi connectivity index (χ2v) is 12.2. The zero-order valence-corrected chi connectivity index (χ0v) is 23.3. The number of carbonyl (C=O) groups is 2. The fourth-order valence-electron chi connectivity index (χ4n) is 5.06. The van der Waals surface area contributed by atoms with Crippen LogP contribution in [0.1, 0.15) is 23.7 Å². The Bertz CT molecular complexity index is 1730. The van der Waals surface area contributed by atoms with E-state index in [0.717, 1.165) is 21.5 Å². The van der Waals surface area contributed by atoms with Gasteiger partial charge in [-0.2, -0.15) is 0 Å². The third-order valence-electron chi connectivity index (χ3n) is 6.79. The van der Waals surface area contributed by atoms with Crippen LogP contribution in [-0.2, 0) is 20.3 Å². The number of para-hydroxylation sites is 1. The molecular weight excluding hydrogens is 521 g/mol. The number of nitrogens with one attached hydrogen (secondary N) is 1. The molecule has 0 aliphatic rings. The molecule has 2 atom stereocenters. The van der Waals surface area contributed by atoms with Gasteiger partial charge in [0.15, 0.2) is 5.78 Å². The fraction of sp³-hybridized carbons (Fsp3) is 0.152. The van der Waals surface area contributed by atoms with Crippen molar-refractivity contribution in [3.05, 3.63) is 120 Å². The van der Waals surface area contributed by atoms with Crippen LogP contribution in [0, 0.1) is 0 Å². The molecule has 5 aromatic carbocycles. The molecular formula is C33H30NO5P. The molecule has 0 aromatic heterocycles. The van der Waals surface area contributed by atoms with Crippen LogP contribution in [0.3, 0.4) is 0 Å². The molecule has 0 radical (unpaired) electrons. The molecule has 202 valence electrons. The fourth-order valence-corrected chi connectivity index (χ4v) is 7.06. The van der Waals surface area contributed by atoms with Crippen LogP contribution < -0.4 is 10.1 Å². The lowest BCUT2D eigenvalue weighted by molar-refractivity contribution is -0.118. The molecule has 0 heterocycles. The molecule has 5 aromatic rings. The van der Waals surface area contributed by atoms with Crippen molar-refractivity contribution in [3.63, 3.8) is 0 Å². The average molecular weight is 552 g/mol. The van der Waals surface area contributed by atoms with E-state index in [9.17, 15) is 14.2 Å². The summed E-state index contributed by atoms with van der Waals surface area (Å²) in [6.45, 7) is 3.50. The van der Waals surface area contributed by atoms with Crippen LogP contribution in [-0.4, -0.2) is 25.1 Å². The number of fused-ring (bicyclic) bond motifs is 2. The Labute approximate surface area is 233 Å². The van der Waals surface area contributed by atoms with E-state index in [2.05, 4.69) is 5.32 Å². The van der Waals surface area contributed by atoms with E-state index in [0.29, 0.717) is 16.8 Å². The zero-order chi connectivity index (χ0) is 28.1. The highest BCUT2D eigenvalue weighted by molar-refractivity contribution is 7.59. The minimum atomic E-state index is -3.43. The Morgan fingerprint density at radius 3 is 2.15 bits per heavy atom. The monoisotopic (exact) mass is 551 g/mol. The quantitative estimate of drug-likeness (QED) is 0.186. The molecule has 0 saturated heterocycles. The first kappa shape index (κ1) is 27.3. The van der Waals surface area contributed by atoms with Gasteiger partial charge in [-0.25, -0.2) is 4.79 Å². The number of anilines is 1. The number of amides is 1. The summed E-state index contributed by atoms with van der Waals surface area (Å²) in [6, 6.07) is 33.6. The molecule has 2 unspecified atom stereocenters. The summed E-state index contributed by atoms with van der Waals surface area (Å²) in [4.78, 5) is 27.0. The summed E-state index contributed by atoms with van der Waals surface area (Å²) >= 11 is 0. The largest absolute Gasteiger partial charge is 0.417 e. The first-order chi connectivity index (χ1) is 19.4. The Morgan fingerprint density at radius 2 is 1.43 bits per heavy atom. The topological polar surface area (TPSA) is 81.7 Å². The van der Waals surface area contributed by atoms with Crippen molar-refractivity contribution >= 4 is 46.5 Å². The smallest absolute Gasteiger partial charge is 0.410 e. The highest BCUT2D eigenvalue weighted by Gasteiger charge is 2.38. The third-order valence-corrected chi connectivity index (χ3v) is 9.07. The minimum Gasteiger partial charge on any atom is -0.410 e. The SMILES string of the molecule is CCOP(C)(=O)C(C(=O)Cc1cc2ccccc2cc1OC(=O)Nc1ccccc1)c1cccc2ccccc12. The lowest BCUT2D eigenvalue weighted by atomic mass is 9.96. The van der Waals surface area contributed by atoms with Crippen molar-refractivity contribution in [1.29, 1.82) is 0 Å². The minimum absolute atomic E-state index is 0.0996. The molecule has 0 bridgehead atoms. The van der Waals surface area contributed by atoms with Crippen LogP contribution in [0.5, 0.6) is 5.75 Å². The summed E-state index contributed by atoms with van der Waals surface area (Å²) in [5.74, 6) is -0.0151. The summed E-state index contributed by atoms with van der Waals surface area (Å²) in [7, 11) is -3.43.